The van der Waals surface area contributed by atoms with Crippen molar-refractivity contribution < 1.29 is 14.3 Å². The van der Waals surface area contributed by atoms with Crippen molar-refractivity contribution in [1.82, 2.24) is 14.9 Å². The standard InChI is InChI=1S/C18H21N5O3/c1-18(2,3)26-17(25)21-12-7-5-6-11(8-12)14-13-9-23(4)16(24)22-15(13)20-10-19-14/h5-8,10H,9H2,1-4H3,(H,21,25)(H,19,20,22,24). The van der Waals surface area contributed by atoms with Gasteiger partial charge in [0.2, 0.25) is 0 Å². The Labute approximate surface area is 151 Å². The monoisotopic (exact) mass is 355 g/mol. The van der Waals surface area contributed by atoms with Crippen LogP contribution in [0.5, 0.6) is 0 Å². The molecule has 0 saturated carbocycles. The maximum atomic E-state index is 12.0. The highest BCUT2D eigenvalue weighted by Gasteiger charge is 2.24. The minimum absolute atomic E-state index is 0.206. The molecule has 3 rings (SSSR count). The normalized spacial score (nSPS) is 13.7. The summed E-state index contributed by atoms with van der Waals surface area (Å²) in [4.78, 5) is 33.8. The highest BCUT2D eigenvalue weighted by atomic mass is 16.6. The van der Waals surface area contributed by atoms with Crippen LogP contribution in [0, 0.1) is 0 Å². The number of nitrogens with zero attached hydrogens (tertiary/aromatic N) is 3. The maximum Gasteiger partial charge on any atom is 0.412 e. The summed E-state index contributed by atoms with van der Waals surface area (Å²) in [6, 6.07) is 7.08. The molecule has 0 saturated heterocycles. The van der Waals surface area contributed by atoms with E-state index in [4.69, 9.17) is 4.74 Å². The number of carbonyl (C=O) groups is 2. The zero-order valence-electron chi connectivity index (χ0n) is 15.2. The first-order valence-electron chi connectivity index (χ1n) is 8.19. The number of amides is 3. The van der Waals surface area contributed by atoms with Crippen LogP contribution in [0.15, 0.2) is 30.6 Å². The fourth-order valence-corrected chi connectivity index (χ4v) is 2.59. The first-order valence-corrected chi connectivity index (χ1v) is 8.19. The average Bonchev–Trinajstić information content (AvgIpc) is 2.54. The van der Waals surface area contributed by atoms with Crippen LogP contribution in [0.4, 0.5) is 21.1 Å². The van der Waals surface area contributed by atoms with Crippen molar-refractivity contribution >= 4 is 23.6 Å². The third-order valence-corrected chi connectivity index (χ3v) is 3.69. The van der Waals surface area contributed by atoms with Gasteiger partial charge in [-0.05, 0) is 32.9 Å². The van der Waals surface area contributed by atoms with E-state index >= 15 is 0 Å². The molecule has 0 fully saturated rings. The Morgan fingerprint density at radius 1 is 1.31 bits per heavy atom. The van der Waals surface area contributed by atoms with Gasteiger partial charge in [0.1, 0.15) is 17.7 Å². The van der Waals surface area contributed by atoms with Gasteiger partial charge in [0, 0.05) is 23.9 Å². The number of aromatic nitrogens is 2. The van der Waals surface area contributed by atoms with Crippen molar-refractivity contribution in [1.29, 1.82) is 0 Å². The van der Waals surface area contributed by atoms with Gasteiger partial charge < -0.3 is 9.64 Å². The lowest BCUT2D eigenvalue weighted by molar-refractivity contribution is 0.0636. The topological polar surface area (TPSA) is 96.5 Å². The number of hydrogen-bond donors (Lipinski definition) is 2. The van der Waals surface area contributed by atoms with Crippen LogP contribution in [-0.4, -0.2) is 39.6 Å². The van der Waals surface area contributed by atoms with Gasteiger partial charge in [-0.2, -0.15) is 0 Å². The molecule has 26 heavy (non-hydrogen) atoms. The zero-order valence-corrected chi connectivity index (χ0v) is 15.2. The summed E-state index contributed by atoms with van der Waals surface area (Å²) < 4.78 is 5.27. The van der Waals surface area contributed by atoms with Gasteiger partial charge in [-0.25, -0.2) is 19.6 Å². The minimum Gasteiger partial charge on any atom is -0.444 e. The molecule has 1 aromatic carbocycles. The van der Waals surface area contributed by atoms with Crippen LogP contribution < -0.4 is 10.6 Å². The highest BCUT2D eigenvalue weighted by molar-refractivity contribution is 5.92. The van der Waals surface area contributed by atoms with E-state index in [2.05, 4.69) is 20.6 Å². The largest absolute Gasteiger partial charge is 0.444 e. The molecule has 8 nitrogen and oxygen atoms in total. The van der Waals surface area contributed by atoms with Crippen molar-refractivity contribution in [2.24, 2.45) is 0 Å². The molecule has 8 heteroatoms. The fourth-order valence-electron chi connectivity index (χ4n) is 2.59. The first kappa shape index (κ1) is 17.7. The second-order valence-electron chi connectivity index (χ2n) is 7.04. The molecule has 0 bridgehead atoms. The van der Waals surface area contributed by atoms with Gasteiger partial charge in [0.15, 0.2) is 0 Å². The molecule has 2 aromatic rings. The van der Waals surface area contributed by atoms with Crippen molar-refractivity contribution in [3.8, 4) is 11.3 Å². The molecule has 0 aliphatic carbocycles. The number of nitrogens with one attached hydrogen (secondary N) is 2. The summed E-state index contributed by atoms with van der Waals surface area (Å²) in [6.07, 6.45) is 0.889. The summed E-state index contributed by atoms with van der Waals surface area (Å²) in [7, 11) is 1.70. The molecule has 2 heterocycles. The van der Waals surface area contributed by atoms with Crippen molar-refractivity contribution in [2.45, 2.75) is 32.9 Å². The number of rotatable bonds is 2. The number of benzene rings is 1. The molecule has 2 N–H and O–H groups in total. The molecule has 1 aliphatic heterocycles. The lowest BCUT2D eigenvalue weighted by Crippen LogP contribution is -2.36. The number of carbonyl (C=O) groups excluding carboxylic acids is 2. The van der Waals surface area contributed by atoms with Gasteiger partial charge in [-0.1, -0.05) is 12.1 Å². The molecule has 1 aromatic heterocycles. The molecular weight excluding hydrogens is 334 g/mol. The van der Waals surface area contributed by atoms with Crippen LogP contribution in [0.1, 0.15) is 26.3 Å². The number of anilines is 2. The summed E-state index contributed by atoms with van der Waals surface area (Å²) in [5.74, 6) is 0.503. The quantitative estimate of drug-likeness (QED) is 0.860. The number of hydrogen-bond acceptors (Lipinski definition) is 5. The molecule has 1 aliphatic rings. The van der Waals surface area contributed by atoms with Crippen LogP contribution in [-0.2, 0) is 11.3 Å². The van der Waals surface area contributed by atoms with Gasteiger partial charge in [-0.3, -0.25) is 10.6 Å². The van der Waals surface area contributed by atoms with E-state index in [1.165, 1.54) is 6.33 Å². The molecule has 136 valence electrons. The zero-order chi connectivity index (χ0) is 18.9. The third kappa shape index (κ3) is 3.90. The predicted molar refractivity (Wildman–Crippen MR) is 97.8 cm³/mol. The van der Waals surface area contributed by atoms with Gasteiger partial charge >= 0.3 is 12.1 Å². The van der Waals surface area contributed by atoms with Crippen molar-refractivity contribution in [2.75, 3.05) is 17.7 Å². The summed E-state index contributed by atoms with van der Waals surface area (Å²) >= 11 is 0. The lowest BCUT2D eigenvalue weighted by Gasteiger charge is -2.26. The van der Waals surface area contributed by atoms with Crippen LogP contribution in [0.3, 0.4) is 0 Å². The summed E-state index contributed by atoms with van der Waals surface area (Å²) in [5.41, 5.74) is 2.36. The van der Waals surface area contributed by atoms with Gasteiger partial charge in [0.25, 0.3) is 0 Å². The predicted octanol–water partition coefficient (Wildman–Crippen LogP) is 3.47. The summed E-state index contributed by atoms with van der Waals surface area (Å²) in [5, 5.41) is 5.46. The Kier molecular flexibility index (Phi) is 4.50. The van der Waals surface area contributed by atoms with E-state index in [0.717, 1.165) is 11.1 Å². The van der Waals surface area contributed by atoms with Gasteiger partial charge in [0.05, 0.1) is 12.2 Å². The molecule has 0 unspecified atom stereocenters. The van der Waals surface area contributed by atoms with Crippen molar-refractivity contribution in [3.63, 3.8) is 0 Å². The Morgan fingerprint density at radius 3 is 2.81 bits per heavy atom. The molecule has 0 atom stereocenters. The van der Waals surface area contributed by atoms with Crippen LogP contribution >= 0.6 is 0 Å². The Morgan fingerprint density at radius 2 is 2.08 bits per heavy atom. The molecule has 3 amide bonds. The number of fused-ring (bicyclic) bond motifs is 1. The third-order valence-electron chi connectivity index (χ3n) is 3.69. The van der Waals surface area contributed by atoms with Gasteiger partial charge in [-0.15, -0.1) is 0 Å². The van der Waals surface area contributed by atoms with E-state index in [-0.39, 0.29) is 6.03 Å². The SMILES string of the molecule is CN1Cc2c(ncnc2-c2cccc(NC(=O)OC(C)(C)C)c2)NC1=O. The second kappa shape index (κ2) is 6.62. The van der Waals surface area contributed by atoms with Crippen molar-refractivity contribution in [3.05, 3.63) is 36.2 Å². The van der Waals surface area contributed by atoms with E-state index in [1.807, 2.05) is 18.2 Å². The molecule has 0 spiro atoms. The Bertz CT molecular complexity index is 860. The maximum absolute atomic E-state index is 12.0. The Balaban J connectivity index is 1.89. The Hall–Kier alpha value is -3.16. The van der Waals surface area contributed by atoms with E-state index in [0.29, 0.717) is 23.7 Å². The van der Waals surface area contributed by atoms with Crippen LogP contribution in [0.25, 0.3) is 11.3 Å². The second-order valence-corrected chi connectivity index (χ2v) is 7.04. The highest BCUT2D eigenvalue weighted by Crippen LogP contribution is 2.30. The average molecular weight is 355 g/mol. The minimum atomic E-state index is -0.573. The first-order chi connectivity index (χ1) is 12.2. The lowest BCUT2D eigenvalue weighted by atomic mass is 10.0. The number of ether oxygens (including phenoxy) is 1. The van der Waals surface area contributed by atoms with Crippen LogP contribution in [0.2, 0.25) is 0 Å². The van der Waals surface area contributed by atoms with E-state index in [9.17, 15) is 9.59 Å². The van der Waals surface area contributed by atoms with E-state index < -0.39 is 11.7 Å². The molecular formula is C18H21N5O3. The fraction of sp³-hybridized carbons (Fsp3) is 0.333. The van der Waals surface area contributed by atoms with E-state index in [1.54, 1.807) is 38.8 Å². The smallest absolute Gasteiger partial charge is 0.412 e. The molecule has 0 radical (unpaired) electrons. The number of urea groups is 1. The summed E-state index contributed by atoms with van der Waals surface area (Å²) in [6.45, 7) is 5.82.